The molecule has 0 saturated carbocycles. The molecule has 0 bridgehead atoms. The lowest BCUT2D eigenvalue weighted by Crippen LogP contribution is -2.30. The Kier molecular flexibility index (Phi) is 5.44. The Bertz CT molecular complexity index is 898. The minimum Gasteiger partial charge on any atom is -0.493 e. The maximum absolute atomic E-state index is 12.8. The van der Waals surface area contributed by atoms with Gasteiger partial charge in [-0.25, -0.2) is 0 Å². The summed E-state index contributed by atoms with van der Waals surface area (Å²) in [6, 6.07) is 12.5. The van der Waals surface area contributed by atoms with Gasteiger partial charge in [-0.3, -0.25) is 9.69 Å². The first-order valence-electron chi connectivity index (χ1n) is 7.97. The number of carbonyl (C=O) groups excluding carboxylic acids is 1. The van der Waals surface area contributed by atoms with Gasteiger partial charge in [0.25, 0.3) is 5.91 Å². The van der Waals surface area contributed by atoms with Crippen LogP contribution in [0.1, 0.15) is 12.5 Å². The summed E-state index contributed by atoms with van der Waals surface area (Å²) in [7, 11) is 1.57. The number of hydrogen-bond acceptors (Lipinski definition) is 4. The predicted octanol–water partition coefficient (Wildman–Crippen LogP) is 4.01. The molecule has 0 aliphatic carbocycles. The van der Waals surface area contributed by atoms with Crippen molar-refractivity contribution in [1.82, 2.24) is 5.32 Å². The molecule has 26 heavy (non-hydrogen) atoms. The zero-order valence-corrected chi connectivity index (χ0v) is 15.9. The van der Waals surface area contributed by atoms with E-state index in [1.54, 1.807) is 49.6 Å². The number of nitrogens with one attached hydrogen (secondary N) is 1. The molecule has 1 aliphatic heterocycles. The molecule has 7 heteroatoms. The zero-order chi connectivity index (χ0) is 18.7. The van der Waals surface area contributed by atoms with Crippen LogP contribution in [0, 0.1) is 0 Å². The van der Waals surface area contributed by atoms with E-state index in [1.807, 2.05) is 13.0 Å². The zero-order valence-electron chi connectivity index (χ0n) is 14.3. The Morgan fingerprint density at radius 1 is 1.23 bits per heavy atom. The molecule has 3 rings (SSSR count). The highest BCUT2D eigenvalue weighted by molar-refractivity contribution is 7.80. The number of benzene rings is 2. The summed E-state index contributed by atoms with van der Waals surface area (Å²) in [6.45, 7) is 2.44. The first kappa shape index (κ1) is 18.2. The topological polar surface area (TPSA) is 50.8 Å². The molecular weight excluding hydrogens is 372 g/mol. The van der Waals surface area contributed by atoms with Gasteiger partial charge >= 0.3 is 0 Å². The Morgan fingerprint density at radius 2 is 2.00 bits per heavy atom. The average Bonchev–Trinajstić information content (AvgIpc) is 2.90. The van der Waals surface area contributed by atoms with Gasteiger partial charge in [0.05, 0.1) is 24.4 Å². The van der Waals surface area contributed by atoms with Crippen molar-refractivity contribution in [3.63, 3.8) is 0 Å². The highest BCUT2D eigenvalue weighted by Crippen LogP contribution is 2.31. The molecule has 1 fully saturated rings. The Hall–Kier alpha value is -2.57. The first-order chi connectivity index (χ1) is 12.5. The number of methoxy groups -OCH3 is 1. The van der Waals surface area contributed by atoms with Crippen molar-refractivity contribution >= 4 is 46.6 Å². The number of amides is 1. The number of carbonyl (C=O) groups is 1. The molecule has 0 atom stereocenters. The second-order valence-electron chi connectivity index (χ2n) is 5.42. The molecule has 1 aliphatic rings. The van der Waals surface area contributed by atoms with Crippen LogP contribution in [0.2, 0.25) is 5.02 Å². The molecule has 1 amide bonds. The van der Waals surface area contributed by atoms with Crippen LogP contribution >= 0.6 is 23.8 Å². The number of nitrogens with zero attached hydrogens (tertiary/aromatic N) is 1. The highest BCUT2D eigenvalue weighted by atomic mass is 35.5. The van der Waals surface area contributed by atoms with E-state index < -0.39 is 0 Å². The van der Waals surface area contributed by atoms with Crippen molar-refractivity contribution in [2.24, 2.45) is 0 Å². The van der Waals surface area contributed by atoms with Gasteiger partial charge in [-0.05, 0) is 55.0 Å². The van der Waals surface area contributed by atoms with Crippen molar-refractivity contribution in [3.8, 4) is 11.5 Å². The summed E-state index contributed by atoms with van der Waals surface area (Å²) in [5.41, 5.74) is 1.69. The summed E-state index contributed by atoms with van der Waals surface area (Å²) in [5.74, 6) is 0.976. The van der Waals surface area contributed by atoms with E-state index in [1.165, 1.54) is 4.90 Å². The molecule has 5 nitrogen and oxygen atoms in total. The van der Waals surface area contributed by atoms with E-state index in [9.17, 15) is 4.79 Å². The monoisotopic (exact) mass is 388 g/mol. The fourth-order valence-corrected chi connectivity index (χ4v) is 3.11. The molecule has 0 spiro atoms. The molecular formula is C19H17ClN2O3S. The maximum Gasteiger partial charge on any atom is 0.281 e. The van der Waals surface area contributed by atoms with E-state index in [0.717, 1.165) is 5.56 Å². The van der Waals surface area contributed by atoms with Crippen LogP contribution in [0.3, 0.4) is 0 Å². The number of halogens is 1. The van der Waals surface area contributed by atoms with Gasteiger partial charge in [0, 0.05) is 0 Å². The minimum absolute atomic E-state index is 0.268. The molecule has 0 aromatic heterocycles. The molecule has 1 saturated heterocycles. The normalized spacial score (nSPS) is 15.3. The van der Waals surface area contributed by atoms with Crippen LogP contribution in [0.25, 0.3) is 6.08 Å². The van der Waals surface area contributed by atoms with Crippen LogP contribution in [-0.4, -0.2) is 24.7 Å². The summed E-state index contributed by atoms with van der Waals surface area (Å²) in [5, 5.41) is 3.68. The SMILES string of the molecule is CCOc1ccc(/C=C2\NC(=S)N(c3ccccc3Cl)C2=O)cc1OC. The van der Waals surface area contributed by atoms with Gasteiger partial charge in [0.1, 0.15) is 5.70 Å². The van der Waals surface area contributed by atoms with Crippen LogP contribution in [-0.2, 0) is 4.79 Å². The van der Waals surface area contributed by atoms with Gasteiger partial charge in [-0.15, -0.1) is 0 Å². The van der Waals surface area contributed by atoms with E-state index in [0.29, 0.717) is 34.5 Å². The fourth-order valence-electron chi connectivity index (χ4n) is 2.60. The second-order valence-corrected chi connectivity index (χ2v) is 6.22. The van der Waals surface area contributed by atoms with Gasteiger partial charge in [-0.1, -0.05) is 29.8 Å². The third-order valence-electron chi connectivity index (χ3n) is 3.77. The number of para-hydroxylation sites is 1. The van der Waals surface area contributed by atoms with Gasteiger partial charge in [0.15, 0.2) is 16.6 Å². The lowest BCUT2D eigenvalue weighted by Gasteiger charge is -2.15. The van der Waals surface area contributed by atoms with Crippen molar-refractivity contribution in [2.75, 3.05) is 18.6 Å². The third kappa shape index (κ3) is 3.52. The van der Waals surface area contributed by atoms with Crippen molar-refractivity contribution in [3.05, 3.63) is 58.7 Å². The Balaban J connectivity index is 1.92. The summed E-state index contributed by atoms with van der Waals surface area (Å²) >= 11 is 11.5. The molecule has 0 radical (unpaired) electrons. The molecule has 0 unspecified atom stereocenters. The summed E-state index contributed by atoms with van der Waals surface area (Å²) in [6.07, 6.45) is 1.71. The second kappa shape index (κ2) is 7.76. The van der Waals surface area contributed by atoms with Crippen molar-refractivity contribution in [1.29, 1.82) is 0 Å². The number of thiocarbonyl (C=S) groups is 1. The van der Waals surface area contributed by atoms with Crippen molar-refractivity contribution < 1.29 is 14.3 Å². The van der Waals surface area contributed by atoms with Crippen LogP contribution in [0.4, 0.5) is 5.69 Å². The number of rotatable bonds is 5. The average molecular weight is 389 g/mol. The van der Waals surface area contributed by atoms with E-state index in [-0.39, 0.29) is 11.0 Å². The predicted molar refractivity (Wildman–Crippen MR) is 107 cm³/mol. The minimum atomic E-state index is -0.268. The van der Waals surface area contributed by atoms with E-state index in [4.69, 9.17) is 33.3 Å². The quantitative estimate of drug-likeness (QED) is 0.619. The lowest BCUT2D eigenvalue weighted by atomic mass is 10.1. The van der Waals surface area contributed by atoms with Crippen molar-refractivity contribution in [2.45, 2.75) is 6.92 Å². The summed E-state index contributed by atoms with van der Waals surface area (Å²) < 4.78 is 10.9. The number of hydrogen-bond donors (Lipinski definition) is 1. The van der Waals surface area contributed by atoms with E-state index in [2.05, 4.69) is 5.32 Å². The molecule has 1 heterocycles. The molecule has 2 aromatic rings. The van der Waals surface area contributed by atoms with Gasteiger partial charge in [-0.2, -0.15) is 0 Å². The Labute approximate surface area is 162 Å². The third-order valence-corrected chi connectivity index (χ3v) is 4.37. The fraction of sp³-hybridized carbons (Fsp3) is 0.158. The van der Waals surface area contributed by atoms with Crippen LogP contribution < -0.4 is 19.7 Å². The Morgan fingerprint density at radius 3 is 2.69 bits per heavy atom. The molecule has 2 aromatic carbocycles. The summed E-state index contributed by atoms with van der Waals surface area (Å²) in [4.78, 5) is 14.2. The lowest BCUT2D eigenvalue weighted by molar-refractivity contribution is -0.113. The number of ether oxygens (including phenoxy) is 2. The molecule has 1 N–H and O–H groups in total. The first-order valence-corrected chi connectivity index (χ1v) is 8.76. The van der Waals surface area contributed by atoms with Gasteiger partial charge < -0.3 is 14.8 Å². The number of anilines is 1. The maximum atomic E-state index is 12.8. The largest absolute Gasteiger partial charge is 0.493 e. The highest BCUT2D eigenvalue weighted by Gasteiger charge is 2.33. The van der Waals surface area contributed by atoms with Crippen LogP contribution in [0.15, 0.2) is 48.2 Å². The molecule has 134 valence electrons. The smallest absolute Gasteiger partial charge is 0.281 e. The van der Waals surface area contributed by atoms with Crippen LogP contribution in [0.5, 0.6) is 11.5 Å². The van der Waals surface area contributed by atoms with E-state index >= 15 is 0 Å². The van der Waals surface area contributed by atoms with Gasteiger partial charge in [0.2, 0.25) is 0 Å². The standard InChI is InChI=1S/C19H17ClN2O3S/c1-3-25-16-9-8-12(11-17(16)24-2)10-14-18(23)22(19(26)21-14)15-7-5-4-6-13(15)20/h4-11H,3H2,1-2H3,(H,21,26)/b14-10-.